The summed E-state index contributed by atoms with van der Waals surface area (Å²) >= 11 is 4.96. The summed E-state index contributed by atoms with van der Waals surface area (Å²) in [4.78, 5) is 0. The number of hydrogen-bond donors (Lipinski definition) is 1. The summed E-state index contributed by atoms with van der Waals surface area (Å²) in [5.74, 6) is 1.54. The van der Waals surface area contributed by atoms with Crippen LogP contribution in [0.4, 0.5) is 5.13 Å². The summed E-state index contributed by atoms with van der Waals surface area (Å²) in [6.45, 7) is 3.41. The van der Waals surface area contributed by atoms with E-state index >= 15 is 0 Å². The van der Waals surface area contributed by atoms with E-state index < -0.39 is 0 Å². The van der Waals surface area contributed by atoms with Crippen molar-refractivity contribution in [2.45, 2.75) is 20.0 Å². The van der Waals surface area contributed by atoms with Gasteiger partial charge in [-0.3, -0.25) is 0 Å². The van der Waals surface area contributed by atoms with E-state index in [0.717, 1.165) is 39.1 Å². The zero-order valence-electron chi connectivity index (χ0n) is 11.4. The number of nitrogens with zero attached hydrogens (tertiary/aromatic N) is 2. The van der Waals surface area contributed by atoms with Gasteiger partial charge in [-0.15, -0.1) is 10.2 Å². The molecule has 1 heterocycles. The molecule has 0 saturated carbocycles. The lowest BCUT2D eigenvalue weighted by atomic mass is 10.3. The topological polar surface area (TPSA) is 56.3 Å². The Morgan fingerprint density at radius 3 is 2.90 bits per heavy atom. The Morgan fingerprint density at radius 2 is 2.20 bits per heavy atom. The number of nitrogens with one attached hydrogen (secondary N) is 1. The van der Waals surface area contributed by atoms with Crippen molar-refractivity contribution in [2.24, 2.45) is 0 Å². The van der Waals surface area contributed by atoms with Gasteiger partial charge in [-0.05, 0) is 40.5 Å². The monoisotopic (exact) mass is 357 g/mol. The highest BCUT2D eigenvalue weighted by Gasteiger charge is 2.07. The van der Waals surface area contributed by atoms with E-state index in [0.29, 0.717) is 6.61 Å². The summed E-state index contributed by atoms with van der Waals surface area (Å²) in [5, 5.41) is 13.0. The van der Waals surface area contributed by atoms with Crippen molar-refractivity contribution in [3.05, 3.63) is 27.7 Å². The van der Waals surface area contributed by atoms with E-state index in [1.54, 1.807) is 7.11 Å². The predicted octanol–water partition coefficient (Wildman–Crippen LogP) is 3.71. The second kappa shape index (κ2) is 7.44. The highest BCUT2D eigenvalue weighted by atomic mass is 79.9. The first-order chi connectivity index (χ1) is 9.72. The highest BCUT2D eigenvalue weighted by molar-refractivity contribution is 9.10. The van der Waals surface area contributed by atoms with Gasteiger partial charge in [-0.2, -0.15) is 0 Å². The zero-order valence-corrected chi connectivity index (χ0v) is 13.8. The molecule has 108 valence electrons. The van der Waals surface area contributed by atoms with Crippen LogP contribution in [0.15, 0.2) is 22.7 Å². The molecule has 0 fully saturated rings. The average molecular weight is 358 g/mol. The van der Waals surface area contributed by atoms with Crippen molar-refractivity contribution >= 4 is 32.4 Å². The molecule has 0 saturated heterocycles. The third kappa shape index (κ3) is 4.08. The molecule has 7 heteroatoms. The van der Waals surface area contributed by atoms with Crippen molar-refractivity contribution < 1.29 is 9.47 Å². The molecule has 0 radical (unpaired) electrons. The molecule has 0 aliphatic heterocycles. The van der Waals surface area contributed by atoms with Gasteiger partial charge in [-0.1, -0.05) is 18.3 Å². The van der Waals surface area contributed by atoms with Crippen LogP contribution in [0.25, 0.3) is 0 Å². The van der Waals surface area contributed by atoms with E-state index in [9.17, 15) is 0 Å². The van der Waals surface area contributed by atoms with Crippen molar-refractivity contribution in [3.63, 3.8) is 0 Å². The Hall–Kier alpha value is -1.34. The molecule has 0 atom stereocenters. The van der Waals surface area contributed by atoms with Crippen LogP contribution >= 0.6 is 27.3 Å². The fourth-order valence-corrected chi connectivity index (χ4v) is 2.63. The van der Waals surface area contributed by atoms with Crippen LogP contribution < -0.4 is 14.8 Å². The van der Waals surface area contributed by atoms with Crippen molar-refractivity contribution in [1.82, 2.24) is 10.2 Å². The van der Waals surface area contributed by atoms with Gasteiger partial charge in [0.1, 0.15) is 18.1 Å². The van der Waals surface area contributed by atoms with Gasteiger partial charge in [0.15, 0.2) is 5.01 Å². The summed E-state index contributed by atoms with van der Waals surface area (Å²) in [5.41, 5.74) is 0. The minimum Gasteiger partial charge on any atom is -0.497 e. The van der Waals surface area contributed by atoms with E-state index in [-0.39, 0.29) is 0 Å². The molecule has 20 heavy (non-hydrogen) atoms. The SMILES string of the molecule is CCCNc1nnc(COc2ccc(OC)cc2Br)s1. The molecule has 0 bridgehead atoms. The Labute approximate surface area is 130 Å². The molecule has 2 rings (SSSR count). The van der Waals surface area contributed by atoms with Crippen LogP contribution in [0.2, 0.25) is 0 Å². The summed E-state index contributed by atoms with van der Waals surface area (Å²) in [6, 6.07) is 5.58. The number of anilines is 1. The maximum Gasteiger partial charge on any atom is 0.205 e. The van der Waals surface area contributed by atoms with Crippen LogP contribution in [0.3, 0.4) is 0 Å². The molecule has 0 aliphatic rings. The zero-order chi connectivity index (χ0) is 14.4. The lowest BCUT2D eigenvalue weighted by Crippen LogP contribution is -1.98. The summed E-state index contributed by atoms with van der Waals surface area (Å²) in [6.07, 6.45) is 1.06. The second-order valence-corrected chi connectivity index (χ2v) is 5.93. The van der Waals surface area contributed by atoms with Crippen molar-refractivity contribution in [1.29, 1.82) is 0 Å². The normalized spacial score (nSPS) is 10.3. The second-order valence-electron chi connectivity index (χ2n) is 4.01. The number of aromatic nitrogens is 2. The van der Waals surface area contributed by atoms with Crippen LogP contribution in [0.5, 0.6) is 11.5 Å². The number of hydrogen-bond acceptors (Lipinski definition) is 6. The quantitative estimate of drug-likeness (QED) is 0.818. The van der Waals surface area contributed by atoms with Crippen molar-refractivity contribution in [2.75, 3.05) is 19.0 Å². The largest absolute Gasteiger partial charge is 0.497 e. The van der Waals surface area contributed by atoms with E-state index in [2.05, 4.69) is 38.4 Å². The number of benzene rings is 1. The first-order valence-electron chi connectivity index (χ1n) is 6.25. The summed E-state index contributed by atoms with van der Waals surface area (Å²) in [7, 11) is 1.63. The van der Waals surface area contributed by atoms with Gasteiger partial charge >= 0.3 is 0 Å². The maximum atomic E-state index is 5.72. The van der Waals surface area contributed by atoms with Gasteiger partial charge in [0.25, 0.3) is 0 Å². The molecule has 0 aliphatic carbocycles. The highest BCUT2D eigenvalue weighted by Crippen LogP contribution is 2.30. The standard InChI is InChI=1S/C13H16BrN3O2S/c1-3-6-15-13-17-16-12(20-13)8-19-11-5-4-9(18-2)7-10(11)14/h4-5,7H,3,6,8H2,1-2H3,(H,15,17). The average Bonchev–Trinajstić information content (AvgIpc) is 2.91. The van der Waals surface area contributed by atoms with E-state index in [1.807, 2.05) is 18.2 Å². The third-order valence-corrected chi connectivity index (χ3v) is 3.96. The van der Waals surface area contributed by atoms with Gasteiger partial charge in [0.05, 0.1) is 11.6 Å². The number of methoxy groups -OCH3 is 1. The molecular weight excluding hydrogens is 342 g/mol. The molecule has 0 amide bonds. The smallest absolute Gasteiger partial charge is 0.205 e. The molecular formula is C13H16BrN3O2S. The Bertz CT molecular complexity index is 562. The number of halogens is 1. The van der Waals surface area contributed by atoms with Gasteiger partial charge in [0, 0.05) is 6.54 Å². The Balaban J connectivity index is 1.93. The lowest BCUT2D eigenvalue weighted by Gasteiger charge is -2.07. The van der Waals surface area contributed by atoms with Gasteiger partial charge in [-0.25, -0.2) is 0 Å². The van der Waals surface area contributed by atoms with Crippen LogP contribution in [0.1, 0.15) is 18.4 Å². The first kappa shape index (κ1) is 15.1. The minimum atomic E-state index is 0.399. The molecule has 0 unspecified atom stereocenters. The maximum absolute atomic E-state index is 5.72. The van der Waals surface area contributed by atoms with Crippen molar-refractivity contribution in [3.8, 4) is 11.5 Å². The van der Waals surface area contributed by atoms with E-state index in [1.165, 1.54) is 11.3 Å². The molecule has 1 aromatic carbocycles. The first-order valence-corrected chi connectivity index (χ1v) is 7.86. The Morgan fingerprint density at radius 1 is 1.35 bits per heavy atom. The van der Waals surface area contributed by atoms with Crippen LogP contribution in [0, 0.1) is 0 Å². The molecule has 5 nitrogen and oxygen atoms in total. The lowest BCUT2D eigenvalue weighted by molar-refractivity contribution is 0.302. The molecule has 1 aromatic heterocycles. The predicted molar refractivity (Wildman–Crippen MR) is 83.7 cm³/mol. The molecule has 0 spiro atoms. The van der Waals surface area contributed by atoms with Gasteiger partial charge < -0.3 is 14.8 Å². The Kier molecular flexibility index (Phi) is 5.60. The third-order valence-electron chi connectivity index (χ3n) is 2.48. The van der Waals surface area contributed by atoms with E-state index in [4.69, 9.17) is 9.47 Å². The van der Waals surface area contributed by atoms with Gasteiger partial charge in [0.2, 0.25) is 5.13 Å². The molecule has 2 aromatic rings. The van der Waals surface area contributed by atoms with Crippen LogP contribution in [-0.4, -0.2) is 23.9 Å². The minimum absolute atomic E-state index is 0.399. The fourth-order valence-electron chi connectivity index (χ4n) is 1.48. The number of ether oxygens (including phenoxy) is 2. The number of rotatable bonds is 7. The van der Waals surface area contributed by atoms with Crippen LogP contribution in [-0.2, 0) is 6.61 Å². The fraction of sp³-hybridized carbons (Fsp3) is 0.385. The molecule has 1 N–H and O–H groups in total. The summed E-state index contributed by atoms with van der Waals surface area (Å²) < 4.78 is 11.7.